The predicted octanol–water partition coefficient (Wildman–Crippen LogP) is 1.94. The maximum absolute atomic E-state index is 11.7. The molecule has 1 aromatic rings. The molecule has 1 unspecified atom stereocenters. The van der Waals surface area contributed by atoms with E-state index in [0.29, 0.717) is 5.75 Å². The lowest BCUT2D eigenvalue weighted by atomic mass is 10.2. The number of rotatable bonds is 8. The van der Waals surface area contributed by atoms with Gasteiger partial charge in [0.05, 0.1) is 5.75 Å². The number of hydrogen-bond acceptors (Lipinski definition) is 3. The highest BCUT2D eigenvalue weighted by atomic mass is 32.2. The van der Waals surface area contributed by atoms with Crippen molar-refractivity contribution in [2.75, 3.05) is 11.5 Å². The van der Waals surface area contributed by atoms with Crippen LogP contribution in [0.3, 0.4) is 0 Å². The number of hydrogen-bond donors (Lipinski definition) is 2. The number of amides is 1. The molecule has 2 N–H and O–H groups in total. The van der Waals surface area contributed by atoms with Crippen molar-refractivity contribution in [2.24, 2.45) is 5.92 Å². The summed E-state index contributed by atoms with van der Waals surface area (Å²) in [6, 6.07) is 9.41. The van der Waals surface area contributed by atoms with Crippen molar-refractivity contribution >= 4 is 23.6 Å². The van der Waals surface area contributed by atoms with Gasteiger partial charge in [-0.15, -0.1) is 0 Å². The first-order valence-electron chi connectivity index (χ1n) is 6.80. The topological polar surface area (TPSA) is 66.4 Å². The van der Waals surface area contributed by atoms with E-state index in [4.69, 9.17) is 5.11 Å². The van der Waals surface area contributed by atoms with E-state index in [1.807, 2.05) is 18.2 Å². The molecular weight excluding hydrogens is 274 g/mol. The summed E-state index contributed by atoms with van der Waals surface area (Å²) in [4.78, 5) is 22.7. The second-order valence-electron chi connectivity index (χ2n) is 5.01. The summed E-state index contributed by atoms with van der Waals surface area (Å²) in [5.74, 6) is 0.213. The smallest absolute Gasteiger partial charge is 0.326 e. The van der Waals surface area contributed by atoms with Crippen LogP contribution in [-0.4, -0.2) is 34.5 Å². The van der Waals surface area contributed by atoms with Crippen LogP contribution in [-0.2, 0) is 16.0 Å². The molecule has 5 heteroatoms. The van der Waals surface area contributed by atoms with Gasteiger partial charge in [-0.1, -0.05) is 30.3 Å². The van der Waals surface area contributed by atoms with E-state index in [1.54, 1.807) is 0 Å². The SMILES string of the molecule is O=C(CSCCc1ccccc1)NC(C(=O)O)C1CC1. The number of carbonyl (C=O) groups is 2. The van der Waals surface area contributed by atoms with E-state index in [-0.39, 0.29) is 11.8 Å². The predicted molar refractivity (Wildman–Crippen MR) is 79.8 cm³/mol. The van der Waals surface area contributed by atoms with Crippen molar-refractivity contribution in [3.8, 4) is 0 Å². The van der Waals surface area contributed by atoms with Crippen LogP contribution < -0.4 is 5.32 Å². The summed E-state index contributed by atoms with van der Waals surface area (Å²) in [5.41, 5.74) is 1.25. The first-order valence-corrected chi connectivity index (χ1v) is 7.96. The van der Waals surface area contributed by atoms with Gasteiger partial charge in [-0.25, -0.2) is 4.79 Å². The Morgan fingerprint density at radius 3 is 2.60 bits per heavy atom. The first-order chi connectivity index (χ1) is 9.66. The molecule has 0 aromatic heterocycles. The van der Waals surface area contributed by atoms with Crippen molar-refractivity contribution in [2.45, 2.75) is 25.3 Å². The quantitative estimate of drug-likeness (QED) is 0.719. The van der Waals surface area contributed by atoms with Crippen LogP contribution in [0.2, 0.25) is 0 Å². The Bertz CT molecular complexity index is 459. The molecule has 20 heavy (non-hydrogen) atoms. The van der Waals surface area contributed by atoms with E-state index in [1.165, 1.54) is 17.3 Å². The van der Waals surface area contributed by atoms with Gasteiger partial charge in [0, 0.05) is 0 Å². The van der Waals surface area contributed by atoms with E-state index in [0.717, 1.165) is 25.0 Å². The van der Waals surface area contributed by atoms with Gasteiger partial charge < -0.3 is 10.4 Å². The Kier molecular flexibility index (Phi) is 5.47. The molecule has 2 rings (SSSR count). The molecule has 4 nitrogen and oxygen atoms in total. The third-order valence-electron chi connectivity index (χ3n) is 3.29. The minimum atomic E-state index is -0.921. The van der Waals surface area contributed by atoms with E-state index >= 15 is 0 Å². The van der Waals surface area contributed by atoms with Crippen LogP contribution in [0.25, 0.3) is 0 Å². The monoisotopic (exact) mass is 293 g/mol. The summed E-state index contributed by atoms with van der Waals surface area (Å²) in [5, 5.41) is 11.6. The number of carboxylic acids is 1. The molecule has 0 heterocycles. The number of carboxylic acid groups (broad SMARTS) is 1. The Morgan fingerprint density at radius 2 is 2.00 bits per heavy atom. The van der Waals surface area contributed by atoms with Gasteiger partial charge in [0.15, 0.2) is 0 Å². The molecule has 108 valence electrons. The third-order valence-corrected chi connectivity index (χ3v) is 4.25. The van der Waals surface area contributed by atoms with Crippen molar-refractivity contribution in [1.29, 1.82) is 0 Å². The molecule has 1 atom stereocenters. The Hall–Kier alpha value is -1.49. The molecular formula is C15H19NO3S. The molecule has 1 aliphatic rings. The van der Waals surface area contributed by atoms with Crippen molar-refractivity contribution in [3.63, 3.8) is 0 Å². The summed E-state index contributed by atoms with van der Waals surface area (Å²) in [6.45, 7) is 0. The van der Waals surface area contributed by atoms with Crippen LogP contribution in [0.5, 0.6) is 0 Å². The van der Waals surface area contributed by atoms with E-state index in [9.17, 15) is 9.59 Å². The van der Waals surface area contributed by atoms with Crippen molar-refractivity contribution < 1.29 is 14.7 Å². The van der Waals surface area contributed by atoms with Crippen LogP contribution in [0, 0.1) is 5.92 Å². The van der Waals surface area contributed by atoms with Gasteiger partial charge in [0.25, 0.3) is 0 Å². The van der Waals surface area contributed by atoms with Crippen LogP contribution >= 0.6 is 11.8 Å². The summed E-state index contributed by atoms with van der Waals surface area (Å²) in [6.07, 6.45) is 2.72. The van der Waals surface area contributed by atoms with Gasteiger partial charge in [0.1, 0.15) is 6.04 Å². The molecule has 1 fully saturated rings. The number of aryl methyl sites for hydroxylation is 1. The number of carbonyl (C=O) groups excluding carboxylic acids is 1. The van der Waals surface area contributed by atoms with Gasteiger partial charge in [-0.3, -0.25) is 4.79 Å². The summed E-state index contributed by atoms with van der Waals surface area (Å²) >= 11 is 1.54. The first kappa shape index (κ1) is 14.9. The second kappa shape index (κ2) is 7.33. The summed E-state index contributed by atoms with van der Waals surface area (Å²) < 4.78 is 0. The lowest BCUT2D eigenvalue weighted by Gasteiger charge is -2.13. The normalized spacial score (nSPS) is 15.6. The zero-order valence-electron chi connectivity index (χ0n) is 11.2. The van der Waals surface area contributed by atoms with Gasteiger partial charge in [0.2, 0.25) is 5.91 Å². The fourth-order valence-electron chi connectivity index (χ4n) is 2.03. The van der Waals surface area contributed by atoms with E-state index in [2.05, 4.69) is 17.4 Å². The minimum absolute atomic E-state index is 0.130. The van der Waals surface area contributed by atoms with Crippen LogP contribution in [0.4, 0.5) is 0 Å². The Balaban J connectivity index is 1.63. The molecule has 1 saturated carbocycles. The number of aliphatic carboxylic acids is 1. The van der Waals surface area contributed by atoms with Gasteiger partial charge in [-0.2, -0.15) is 11.8 Å². The molecule has 0 aliphatic heterocycles. The average molecular weight is 293 g/mol. The summed E-state index contributed by atoms with van der Waals surface area (Å²) in [7, 11) is 0. The van der Waals surface area contributed by atoms with E-state index < -0.39 is 12.0 Å². The maximum atomic E-state index is 11.7. The standard InChI is InChI=1S/C15H19NO3S/c17-13(16-14(15(18)19)12-6-7-12)10-20-9-8-11-4-2-1-3-5-11/h1-5,12,14H,6-10H2,(H,16,17)(H,18,19). The zero-order valence-corrected chi connectivity index (χ0v) is 12.1. The fourth-order valence-corrected chi connectivity index (χ4v) is 2.82. The molecule has 0 spiro atoms. The largest absolute Gasteiger partial charge is 0.480 e. The number of nitrogens with one attached hydrogen (secondary N) is 1. The number of benzene rings is 1. The molecule has 1 amide bonds. The highest BCUT2D eigenvalue weighted by molar-refractivity contribution is 7.99. The minimum Gasteiger partial charge on any atom is -0.480 e. The number of thioether (sulfide) groups is 1. The fraction of sp³-hybridized carbons (Fsp3) is 0.467. The van der Waals surface area contributed by atoms with Crippen LogP contribution in [0.15, 0.2) is 30.3 Å². The van der Waals surface area contributed by atoms with Crippen molar-refractivity contribution in [3.05, 3.63) is 35.9 Å². The highest BCUT2D eigenvalue weighted by Gasteiger charge is 2.37. The highest BCUT2D eigenvalue weighted by Crippen LogP contribution is 2.32. The third kappa shape index (κ3) is 4.89. The Morgan fingerprint density at radius 1 is 1.30 bits per heavy atom. The molecule has 0 radical (unpaired) electrons. The van der Waals surface area contributed by atoms with Crippen molar-refractivity contribution in [1.82, 2.24) is 5.32 Å². The lowest BCUT2D eigenvalue weighted by molar-refractivity contribution is -0.142. The lowest BCUT2D eigenvalue weighted by Crippen LogP contribution is -2.43. The zero-order chi connectivity index (χ0) is 14.4. The van der Waals surface area contributed by atoms with Crippen LogP contribution in [0.1, 0.15) is 18.4 Å². The molecule has 0 bridgehead atoms. The second-order valence-corrected chi connectivity index (χ2v) is 6.11. The average Bonchev–Trinajstić information content (AvgIpc) is 3.26. The van der Waals surface area contributed by atoms with Gasteiger partial charge >= 0.3 is 5.97 Å². The maximum Gasteiger partial charge on any atom is 0.326 e. The Labute approximate surface area is 123 Å². The molecule has 1 aliphatic carbocycles. The molecule has 1 aromatic carbocycles. The molecule has 0 saturated heterocycles. The van der Waals surface area contributed by atoms with Gasteiger partial charge in [-0.05, 0) is 36.5 Å².